The van der Waals surface area contributed by atoms with Crippen molar-refractivity contribution in [2.45, 2.75) is 30.9 Å². The van der Waals surface area contributed by atoms with Gasteiger partial charge in [-0.05, 0) is 62.4 Å². The number of carbonyl (C=O) groups is 1. The van der Waals surface area contributed by atoms with E-state index in [1.54, 1.807) is 26.0 Å². The van der Waals surface area contributed by atoms with E-state index in [1.165, 1.54) is 31.4 Å². The molecule has 2 rings (SSSR count). The number of methoxy groups -OCH3 is 1. The number of halogens is 1. The topological polar surface area (TPSA) is 93.7 Å². The highest BCUT2D eigenvalue weighted by atomic mass is 79.9. The lowest BCUT2D eigenvalue weighted by Crippen LogP contribution is -2.35. The van der Waals surface area contributed by atoms with Gasteiger partial charge in [0.1, 0.15) is 5.75 Å². The Morgan fingerprint density at radius 1 is 1.07 bits per heavy atom. The van der Waals surface area contributed by atoms with Crippen molar-refractivity contribution < 1.29 is 22.7 Å². The third-order valence-corrected chi connectivity index (χ3v) is 5.83. The molecule has 0 aliphatic rings. The van der Waals surface area contributed by atoms with E-state index in [1.807, 2.05) is 12.1 Å². The number of carbonyl (C=O) groups excluding carboxylic acids is 1. The molecule has 0 saturated heterocycles. The lowest BCUT2D eigenvalue weighted by molar-refractivity contribution is -0.122. The maximum atomic E-state index is 12.3. The van der Waals surface area contributed by atoms with E-state index in [0.717, 1.165) is 4.47 Å². The molecule has 0 saturated carbocycles. The average molecular weight is 471 g/mol. The van der Waals surface area contributed by atoms with Crippen LogP contribution < -0.4 is 14.8 Å². The summed E-state index contributed by atoms with van der Waals surface area (Å²) in [4.78, 5) is 12.4. The van der Waals surface area contributed by atoms with E-state index >= 15 is 0 Å². The Hall–Kier alpha value is -1.94. The molecule has 2 N–H and O–H groups in total. The molecule has 0 fully saturated rings. The molecule has 0 aromatic heterocycles. The van der Waals surface area contributed by atoms with Crippen molar-refractivity contribution in [3.63, 3.8) is 0 Å². The highest BCUT2D eigenvalue weighted by Gasteiger charge is 2.18. The molecule has 9 heteroatoms. The number of sulfonamides is 1. The summed E-state index contributed by atoms with van der Waals surface area (Å²) in [5.74, 6) is 0.230. The smallest absolute Gasteiger partial charge is 0.265 e. The summed E-state index contributed by atoms with van der Waals surface area (Å²) in [6.07, 6.45) is -0.721. The van der Waals surface area contributed by atoms with E-state index in [0.29, 0.717) is 11.4 Å². The van der Waals surface area contributed by atoms with Crippen molar-refractivity contribution in [2.75, 3.05) is 19.0 Å². The van der Waals surface area contributed by atoms with Gasteiger partial charge in [-0.2, -0.15) is 0 Å². The van der Waals surface area contributed by atoms with E-state index in [2.05, 4.69) is 26.0 Å². The molecule has 0 aliphatic carbocycles. The van der Waals surface area contributed by atoms with Crippen LogP contribution in [0.15, 0.2) is 57.9 Å². The second-order valence-corrected chi connectivity index (χ2v) is 8.83. The van der Waals surface area contributed by atoms with Gasteiger partial charge in [0.2, 0.25) is 10.0 Å². The number of hydrogen-bond acceptors (Lipinski definition) is 5. The number of rotatable bonds is 9. The highest BCUT2D eigenvalue weighted by Crippen LogP contribution is 2.18. The number of benzene rings is 2. The fourth-order valence-corrected chi connectivity index (χ4v) is 3.84. The van der Waals surface area contributed by atoms with Gasteiger partial charge in [0.05, 0.1) is 11.5 Å². The number of anilines is 1. The zero-order valence-corrected chi connectivity index (χ0v) is 18.2. The van der Waals surface area contributed by atoms with E-state index in [-0.39, 0.29) is 23.5 Å². The Kier molecular flexibility index (Phi) is 7.99. The first kappa shape index (κ1) is 22.4. The molecule has 0 aliphatic heterocycles. The van der Waals surface area contributed by atoms with Gasteiger partial charge in [0.25, 0.3) is 5.91 Å². The minimum Gasteiger partial charge on any atom is -0.481 e. The van der Waals surface area contributed by atoms with Crippen molar-refractivity contribution >= 4 is 37.5 Å². The van der Waals surface area contributed by atoms with Crippen LogP contribution >= 0.6 is 15.9 Å². The molecule has 152 valence electrons. The molecule has 0 spiro atoms. The third-order valence-electron chi connectivity index (χ3n) is 3.70. The molecule has 0 heterocycles. The standard InChI is InChI=1S/C19H23BrN2O5S/c1-13(12-26-3)22-28(24,25)18-10-6-16(7-11-18)21-19(23)14(2)27-17-8-4-15(20)5-9-17/h4-11,13-14,22H,12H2,1-3H3,(H,21,23). The molecule has 0 radical (unpaired) electrons. The van der Waals surface area contributed by atoms with Crippen LogP contribution in [0.3, 0.4) is 0 Å². The number of hydrogen-bond donors (Lipinski definition) is 2. The fraction of sp³-hybridized carbons (Fsp3) is 0.316. The quantitative estimate of drug-likeness (QED) is 0.586. The summed E-state index contributed by atoms with van der Waals surface area (Å²) in [5, 5.41) is 2.70. The fourth-order valence-electron chi connectivity index (χ4n) is 2.35. The molecule has 7 nitrogen and oxygen atoms in total. The molecule has 28 heavy (non-hydrogen) atoms. The molecular weight excluding hydrogens is 448 g/mol. The number of ether oxygens (including phenoxy) is 2. The van der Waals surface area contributed by atoms with E-state index in [4.69, 9.17) is 9.47 Å². The minimum absolute atomic E-state index is 0.104. The Morgan fingerprint density at radius 2 is 1.68 bits per heavy atom. The first-order chi connectivity index (χ1) is 13.2. The molecule has 1 amide bonds. The largest absolute Gasteiger partial charge is 0.481 e. The SMILES string of the molecule is COCC(C)NS(=O)(=O)c1ccc(NC(=O)C(C)Oc2ccc(Br)cc2)cc1. The van der Waals surface area contributed by atoms with Crippen LogP contribution in [0.2, 0.25) is 0 Å². The molecule has 0 bridgehead atoms. The first-order valence-corrected chi connectivity index (χ1v) is 10.8. The van der Waals surface area contributed by atoms with Gasteiger partial charge in [0, 0.05) is 23.3 Å². The van der Waals surface area contributed by atoms with Gasteiger partial charge in [-0.3, -0.25) is 4.79 Å². The predicted molar refractivity (Wildman–Crippen MR) is 111 cm³/mol. The number of amides is 1. The number of nitrogens with one attached hydrogen (secondary N) is 2. The average Bonchev–Trinajstić information content (AvgIpc) is 2.63. The summed E-state index contributed by atoms with van der Waals surface area (Å²) in [7, 11) is -2.16. The summed E-state index contributed by atoms with van der Waals surface area (Å²) in [6.45, 7) is 3.61. The second kappa shape index (κ2) is 10.0. The summed E-state index contributed by atoms with van der Waals surface area (Å²) in [6, 6.07) is 12.7. The Bertz CT molecular complexity index is 886. The van der Waals surface area contributed by atoms with Gasteiger partial charge < -0.3 is 14.8 Å². The Morgan fingerprint density at radius 3 is 2.25 bits per heavy atom. The van der Waals surface area contributed by atoms with Crippen LogP contribution in [-0.2, 0) is 19.6 Å². The van der Waals surface area contributed by atoms with Gasteiger partial charge >= 0.3 is 0 Å². The molecule has 2 atom stereocenters. The van der Waals surface area contributed by atoms with Crippen LogP contribution in [-0.4, -0.2) is 40.2 Å². The Labute approximate surface area is 173 Å². The van der Waals surface area contributed by atoms with Crippen molar-refractivity contribution in [1.29, 1.82) is 0 Å². The van der Waals surface area contributed by atoms with E-state index < -0.39 is 16.1 Å². The maximum absolute atomic E-state index is 12.3. The van der Waals surface area contributed by atoms with Crippen LogP contribution in [0.5, 0.6) is 5.75 Å². The lowest BCUT2D eigenvalue weighted by Gasteiger charge is -2.15. The second-order valence-electron chi connectivity index (χ2n) is 6.21. The van der Waals surface area contributed by atoms with Crippen molar-refractivity contribution in [2.24, 2.45) is 0 Å². The van der Waals surface area contributed by atoms with Gasteiger partial charge in [-0.1, -0.05) is 15.9 Å². The van der Waals surface area contributed by atoms with Crippen LogP contribution in [0.4, 0.5) is 5.69 Å². The van der Waals surface area contributed by atoms with Gasteiger partial charge in [-0.15, -0.1) is 0 Å². The van der Waals surface area contributed by atoms with Crippen molar-refractivity contribution in [3.8, 4) is 5.75 Å². The minimum atomic E-state index is -3.66. The maximum Gasteiger partial charge on any atom is 0.265 e. The Balaban J connectivity index is 1.97. The van der Waals surface area contributed by atoms with Crippen LogP contribution in [0, 0.1) is 0 Å². The van der Waals surface area contributed by atoms with Crippen molar-refractivity contribution in [3.05, 3.63) is 53.0 Å². The normalized spacial score (nSPS) is 13.6. The highest BCUT2D eigenvalue weighted by molar-refractivity contribution is 9.10. The lowest BCUT2D eigenvalue weighted by atomic mass is 10.3. The molecule has 2 aromatic rings. The molecule has 2 unspecified atom stereocenters. The zero-order chi connectivity index (χ0) is 20.7. The van der Waals surface area contributed by atoms with Crippen LogP contribution in [0.25, 0.3) is 0 Å². The monoisotopic (exact) mass is 470 g/mol. The molecule has 2 aromatic carbocycles. The summed E-state index contributed by atoms with van der Waals surface area (Å²) >= 11 is 3.34. The van der Waals surface area contributed by atoms with Crippen LogP contribution in [0.1, 0.15) is 13.8 Å². The van der Waals surface area contributed by atoms with Crippen molar-refractivity contribution in [1.82, 2.24) is 4.72 Å². The van der Waals surface area contributed by atoms with E-state index in [9.17, 15) is 13.2 Å². The third kappa shape index (κ3) is 6.59. The van der Waals surface area contributed by atoms with Gasteiger partial charge in [0.15, 0.2) is 6.10 Å². The molecular formula is C19H23BrN2O5S. The first-order valence-electron chi connectivity index (χ1n) is 8.55. The predicted octanol–water partition coefficient (Wildman–Crippen LogP) is 3.17. The summed E-state index contributed by atoms with van der Waals surface area (Å²) in [5.41, 5.74) is 0.472. The van der Waals surface area contributed by atoms with Gasteiger partial charge in [-0.25, -0.2) is 13.1 Å². The zero-order valence-electron chi connectivity index (χ0n) is 15.8. The summed E-state index contributed by atoms with van der Waals surface area (Å²) < 4.78 is 38.6.